The van der Waals surface area contributed by atoms with Crippen molar-refractivity contribution in [3.8, 4) is 5.75 Å². The Bertz CT molecular complexity index is 740. The number of hydrogen-bond acceptors (Lipinski definition) is 3. The van der Waals surface area contributed by atoms with Gasteiger partial charge in [0.1, 0.15) is 5.75 Å². The van der Waals surface area contributed by atoms with Gasteiger partial charge in [0.2, 0.25) is 0 Å². The van der Waals surface area contributed by atoms with Crippen molar-refractivity contribution in [2.45, 2.75) is 39.3 Å². The first kappa shape index (κ1) is 19.4. The van der Waals surface area contributed by atoms with Crippen LogP contribution in [0.5, 0.6) is 5.75 Å². The second-order valence-corrected chi connectivity index (χ2v) is 7.65. The highest BCUT2D eigenvalue weighted by Crippen LogP contribution is 2.19. The van der Waals surface area contributed by atoms with Crippen LogP contribution in [0.1, 0.15) is 54.2 Å². The Labute approximate surface area is 162 Å². The Morgan fingerprint density at radius 3 is 2.52 bits per heavy atom. The van der Waals surface area contributed by atoms with Gasteiger partial charge in [-0.25, -0.2) is 0 Å². The largest absolute Gasteiger partial charge is 0.497 e. The van der Waals surface area contributed by atoms with Gasteiger partial charge in [-0.05, 0) is 67.6 Å². The van der Waals surface area contributed by atoms with Crippen LogP contribution in [-0.2, 0) is 6.54 Å². The van der Waals surface area contributed by atoms with E-state index in [-0.39, 0.29) is 11.9 Å². The van der Waals surface area contributed by atoms with Crippen LogP contribution in [-0.4, -0.2) is 31.0 Å². The normalized spacial score (nSPS) is 18.7. The Morgan fingerprint density at radius 2 is 1.89 bits per heavy atom. The van der Waals surface area contributed by atoms with Crippen LogP contribution in [0.3, 0.4) is 0 Å². The highest BCUT2D eigenvalue weighted by molar-refractivity contribution is 5.94. The van der Waals surface area contributed by atoms with Crippen molar-refractivity contribution in [3.05, 3.63) is 65.2 Å². The van der Waals surface area contributed by atoms with E-state index in [2.05, 4.69) is 29.3 Å². The molecule has 1 aliphatic heterocycles. The van der Waals surface area contributed by atoms with Gasteiger partial charge in [0.25, 0.3) is 5.91 Å². The van der Waals surface area contributed by atoms with Gasteiger partial charge >= 0.3 is 0 Å². The minimum Gasteiger partial charge on any atom is -0.497 e. The van der Waals surface area contributed by atoms with E-state index < -0.39 is 0 Å². The molecule has 0 bridgehead atoms. The maximum Gasteiger partial charge on any atom is 0.251 e. The fourth-order valence-corrected chi connectivity index (χ4v) is 3.71. The van der Waals surface area contributed by atoms with Gasteiger partial charge in [-0.3, -0.25) is 9.69 Å². The fraction of sp³-hybridized carbons (Fsp3) is 0.435. The van der Waals surface area contributed by atoms with E-state index in [9.17, 15) is 4.79 Å². The molecule has 1 heterocycles. The predicted molar refractivity (Wildman–Crippen MR) is 109 cm³/mol. The lowest BCUT2D eigenvalue weighted by Gasteiger charge is -2.30. The van der Waals surface area contributed by atoms with E-state index in [1.165, 1.54) is 31.5 Å². The summed E-state index contributed by atoms with van der Waals surface area (Å²) in [6.07, 6.45) is 2.62. The first-order valence-corrected chi connectivity index (χ1v) is 9.81. The maximum absolute atomic E-state index is 12.5. The van der Waals surface area contributed by atoms with Gasteiger partial charge in [-0.15, -0.1) is 0 Å². The van der Waals surface area contributed by atoms with Crippen LogP contribution >= 0.6 is 0 Å². The number of ether oxygens (including phenoxy) is 1. The summed E-state index contributed by atoms with van der Waals surface area (Å²) in [6.45, 7) is 7.62. The molecular formula is C23H30N2O2. The molecule has 4 nitrogen and oxygen atoms in total. The number of amides is 1. The second-order valence-electron chi connectivity index (χ2n) is 7.65. The number of methoxy groups -OCH3 is 1. The first-order chi connectivity index (χ1) is 13.0. The minimum absolute atomic E-state index is 0.0449. The summed E-state index contributed by atoms with van der Waals surface area (Å²) in [5, 5.41) is 3.07. The smallest absolute Gasteiger partial charge is 0.251 e. The lowest BCUT2D eigenvalue weighted by molar-refractivity contribution is 0.0940. The predicted octanol–water partition coefficient (Wildman–Crippen LogP) is 4.42. The van der Waals surface area contributed by atoms with Crippen LogP contribution in [0.4, 0.5) is 0 Å². The number of carbonyl (C=O) groups is 1. The summed E-state index contributed by atoms with van der Waals surface area (Å²) in [6, 6.07) is 15.7. The molecule has 144 valence electrons. The summed E-state index contributed by atoms with van der Waals surface area (Å²) < 4.78 is 5.18. The average molecular weight is 367 g/mol. The summed E-state index contributed by atoms with van der Waals surface area (Å²) in [5.74, 6) is 1.55. The molecule has 1 fully saturated rings. The third-order valence-electron chi connectivity index (χ3n) is 5.33. The summed E-state index contributed by atoms with van der Waals surface area (Å²) in [5.41, 5.74) is 3.02. The van der Waals surface area contributed by atoms with Crippen LogP contribution in [0.15, 0.2) is 48.5 Å². The molecule has 0 aliphatic carbocycles. The SMILES string of the molecule is COc1ccc(C(C)NC(=O)c2ccc(CN3CCCC(C)C3)cc2)cc1. The highest BCUT2D eigenvalue weighted by Gasteiger charge is 2.16. The molecule has 1 N–H and O–H groups in total. The molecule has 0 radical (unpaired) electrons. The molecule has 2 aromatic carbocycles. The van der Waals surface area contributed by atoms with E-state index in [0.29, 0.717) is 5.56 Å². The lowest BCUT2D eigenvalue weighted by atomic mass is 9.99. The molecule has 2 atom stereocenters. The van der Waals surface area contributed by atoms with E-state index >= 15 is 0 Å². The molecule has 0 saturated carbocycles. The molecule has 1 amide bonds. The minimum atomic E-state index is -0.0575. The quantitative estimate of drug-likeness (QED) is 0.823. The molecule has 3 rings (SSSR count). The van der Waals surface area contributed by atoms with Crippen molar-refractivity contribution in [1.82, 2.24) is 10.2 Å². The van der Waals surface area contributed by atoms with Crippen LogP contribution in [0.2, 0.25) is 0 Å². The lowest BCUT2D eigenvalue weighted by Crippen LogP contribution is -2.33. The molecule has 2 aromatic rings. The number of piperidine rings is 1. The standard InChI is InChI=1S/C23H30N2O2/c1-17-5-4-14-25(15-17)16-19-6-8-21(9-7-19)23(26)24-18(2)20-10-12-22(27-3)13-11-20/h6-13,17-18H,4-5,14-16H2,1-3H3,(H,24,26). The zero-order valence-corrected chi connectivity index (χ0v) is 16.6. The van der Waals surface area contributed by atoms with E-state index in [1.54, 1.807) is 7.11 Å². The van der Waals surface area contributed by atoms with E-state index in [0.717, 1.165) is 23.8 Å². The van der Waals surface area contributed by atoms with Gasteiger partial charge in [0.15, 0.2) is 0 Å². The van der Waals surface area contributed by atoms with Gasteiger partial charge in [-0.2, -0.15) is 0 Å². The Hall–Kier alpha value is -2.33. The van der Waals surface area contributed by atoms with Crippen molar-refractivity contribution < 1.29 is 9.53 Å². The number of rotatable bonds is 6. The zero-order chi connectivity index (χ0) is 19.2. The number of likely N-dealkylation sites (tertiary alicyclic amines) is 1. The second kappa shape index (κ2) is 9.05. The van der Waals surface area contributed by atoms with Crippen molar-refractivity contribution in [3.63, 3.8) is 0 Å². The topological polar surface area (TPSA) is 41.6 Å². The van der Waals surface area contributed by atoms with Gasteiger partial charge in [0.05, 0.1) is 13.2 Å². The molecule has 0 spiro atoms. The van der Waals surface area contributed by atoms with Crippen LogP contribution < -0.4 is 10.1 Å². The molecular weight excluding hydrogens is 336 g/mol. The Balaban J connectivity index is 1.56. The van der Waals surface area contributed by atoms with Gasteiger partial charge in [0, 0.05) is 18.7 Å². The van der Waals surface area contributed by atoms with E-state index in [1.807, 2.05) is 43.3 Å². The maximum atomic E-state index is 12.5. The molecule has 2 unspecified atom stereocenters. The third-order valence-corrected chi connectivity index (χ3v) is 5.33. The highest BCUT2D eigenvalue weighted by atomic mass is 16.5. The number of nitrogens with one attached hydrogen (secondary N) is 1. The summed E-state index contributed by atoms with van der Waals surface area (Å²) in [4.78, 5) is 15.1. The molecule has 0 aromatic heterocycles. The van der Waals surface area contributed by atoms with Gasteiger partial charge in [-0.1, -0.05) is 31.2 Å². The fourth-order valence-electron chi connectivity index (χ4n) is 3.71. The molecule has 4 heteroatoms. The van der Waals surface area contributed by atoms with Crippen molar-refractivity contribution >= 4 is 5.91 Å². The number of hydrogen-bond donors (Lipinski definition) is 1. The first-order valence-electron chi connectivity index (χ1n) is 9.81. The van der Waals surface area contributed by atoms with Crippen molar-refractivity contribution in [2.24, 2.45) is 5.92 Å². The number of nitrogens with zero attached hydrogens (tertiary/aromatic N) is 1. The van der Waals surface area contributed by atoms with Crippen LogP contribution in [0.25, 0.3) is 0 Å². The molecule has 1 saturated heterocycles. The van der Waals surface area contributed by atoms with E-state index in [4.69, 9.17) is 4.74 Å². The Morgan fingerprint density at radius 1 is 1.19 bits per heavy atom. The Kier molecular flexibility index (Phi) is 6.51. The zero-order valence-electron chi connectivity index (χ0n) is 16.6. The van der Waals surface area contributed by atoms with Gasteiger partial charge < -0.3 is 10.1 Å². The average Bonchev–Trinajstić information content (AvgIpc) is 2.68. The molecule has 27 heavy (non-hydrogen) atoms. The summed E-state index contributed by atoms with van der Waals surface area (Å²) in [7, 11) is 1.65. The van der Waals surface area contributed by atoms with Crippen molar-refractivity contribution in [2.75, 3.05) is 20.2 Å². The monoisotopic (exact) mass is 366 g/mol. The summed E-state index contributed by atoms with van der Waals surface area (Å²) >= 11 is 0. The van der Waals surface area contributed by atoms with Crippen molar-refractivity contribution in [1.29, 1.82) is 0 Å². The number of carbonyl (C=O) groups excluding carboxylic acids is 1. The molecule has 1 aliphatic rings. The third kappa shape index (κ3) is 5.33. The number of benzene rings is 2. The van der Waals surface area contributed by atoms with Crippen LogP contribution in [0, 0.1) is 5.92 Å².